The highest BCUT2D eigenvalue weighted by Gasteiger charge is 2.68. The van der Waals surface area contributed by atoms with Gasteiger partial charge in [0.2, 0.25) is 0 Å². The monoisotopic (exact) mass is 236 g/mol. The first-order valence-electron chi connectivity index (χ1n) is 5.90. The van der Waals surface area contributed by atoms with E-state index in [1.165, 1.54) is 0 Å². The van der Waals surface area contributed by atoms with Crippen LogP contribution in [0.25, 0.3) is 0 Å². The summed E-state index contributed by atoms with van der Waals surface area (Å²) in [5.74, 6) is -0.740. The van der Waals surface area contributed by atoms with E-state index in [-0.39, 0.29) is 11.0 Å². The zero-order valence-electron chi connectivity index (χ0n) is 11.1. The lowest BCUT2D eigenvalue weighted by Gasteiger charge is -2.19. The van der Waals surface area contributed by atoms with Crippen molar-refractivity contribution in [2.75, 3.05) is 0 Å². The number of rotatable bonds is 2. The van der Waals surface area contributed by atoms with Crippen LogP contribution in [-0.4, -0.2) is 20.9 Å². The number of carboxylic acids is 1. The molecule has 4 nitrogen and oxygen atoms in total. The highest BCUT2D eigenvalue weighted by Crippen LogP contribution is 2.64. The maximum Gasteiger partial charge on any atom is 0.314 e. The van der Waals surface area contributed by atoms with Crippen LogP contribution in [0, 0.1) is 5.41 Å². The van der Waals surface area contributed by atoms with Gasteiger partial charge in [0.15, 0.2) is 0 Å². The molecule has 1 unspecified atom stereocenters. The van der Waals surface area contributed by atoms with E-state index in [9.17, 15) is 9.90 Å². The molecule has 94 valence electrons. The van der Waals surface area contributed by atoms with Crippen LogP contribution in [0.1, 0.15) is 46.6 Å². The van der Waals surface area contributed by atoms with E-state index in [0.29, 0.717) is 6.42 Å². The van der Waals surface area contributed by atoms with E-state index in [1.807, 2.05) is 24.7 Å². The average Bonchev–Trinajstić information content (AvgIpc) is 2.61. The lowest BCUT2D eigenvalue weighted by molar-refractivity contribution is -0.141. The van der Waals surface area contributed by atoms with Crippen LogP contribution in [0.2, 0.25) is 0 Å². The molecule has 1 N–H and O–H groups in total. The van der Waals surface area contributed by atoms with Crippen LogP contribution in [-0.2, 0) is 15.7 Å². The van der Waals surface area contributed by atoms with E-state index >= 15 is 0 Å². The van der Waals surface area contributed by atoms with Crippen molar-refractivity contribution in [2.24, 2.45) is 5.41 Å². The van der Waals surface area contributed by atoms with Crippen LogP contribution < -0.4 is 0 Å². The van der Waals surface area contributed by atoms with Crippen LogP contribution in [0.5, 0.6) is 0 Å². The SMILES string of the molecule is CC(C)(C)n1cc(C2(C(=O)O)CC2(C)C)cn1. The smallest absolute Gasteiger partial charge is 0.314 e. The fraction of sp³-hybridized carbons (Fsp3) is 0.692. The van der Waals surface area contributed by atoms with Crippen molar-refractivity contribution < 1.29 is 9.90 Å². The lowest BCUT2D eigenvalue weighted by atomic mass is 9.90. The Labute approximate surface area is 102 Å². The summed E-state index contributed by atoms with van der Waals surface area (Å²) in [5.41, 5.74) is -0.206. The molecule has 0 bridgehead atoms. The van der Waals surface area contributed by atoms with Crippen molar-refractivity contribution in [3.05, 3.63) is 18.0 Å². The maximum absolute atomic E-state index is 11.5. The van der Waals surface area contributed by atoms with Crippen molar-refractivity contribution in [3.8, 4) is 0 Å². The average molecular weight is 236 g/mol. The minimum atomic E-state index is -0.740. The molecule has 0 saturated heterocycles. The van der Waals surface area contributed by atoms with Gasteiger partial charge in [-0.25, -0.2) is 0 Å². The summed E-state index contributed by atoms with van der Waals surface area (Å²) >= 11 is 0. The normalized spacial score (nSPS) is 26.9. The van der Waals surface area contributed by atoms with Gasteiger partial charge in [-0.1, -0.05) is 13.8 Å². The van der Waals surface area contributed by atoms with E-state index in [1.54, 1.807) is 6.20 Å². The summed E-state index contributed by atoms with van der Waals surface area (Å²) in [6.45, 7) is 10.1. The summed E-state index contributed by atoms with van der Waals surface area (Å²) in [4.78, 5) is 11.5. The van der Waals surface area contributed by atoms with Gasteiger partial charge in [0.1, 0.15) is 5.41 Å². The Morgan fingerprint density at radius 1 is 1.47 bits per heavy atom. The van der Waals surface area contributed by atoms with E-state index in [0.717, 1.165) is 5.56 Å². The first-order valence-corrected chi connectivity index (χ1v) is 5.90. The molecule has 0 aromatic carbocycles. The predicted octanol–water partition coefficient (Wildman–Crippen LogP) is 2.39. The van der Waals surface area contributed by atoms with Crippen molar-refractivity contribution in [1.29, 1.82) is 0 Å². The molecular weight excluding hydrogens is 216 g/mol. The Bertz CT molecular complexity index is 468. The predicted molar refractivity (Wildman–Crippen MR) is 64.9 cm³/mol. The van der Waals surface area contributed by atoms with Crippen LogP contribution >= 0.6 is 0 Å². The van der Waals surface area contributed by atoms with Crippen molar-refractivity contribution in [1.82, 2.24) is 9.78 Å². The summed E-state index contributed by atoms with van der Waals surface area (Å²) in [7, 11) is 0. The maximum atomic E-state index is 11.5. The molecule has 2 rings (SSSR count). The summed E-state index contributed by atoms with van der Waals surface area (Å²) in [5, 5.41) is 13.8. The Balaban J connectivity index is 2.42. The first-order chi connectivity index (χ1) is 7.61. The number of aliphatic carboxylic acids is 1. The summed E-state index contributed by atoms with van der Waals surface area (Å²) in [6.07, 6.45) is 4.27. The molecule has 0 radical (unpaired) electrons. The molecule has 1 heterocycles. The second-order valence-corrected chi connectivity index (χ2v) is 6.62. The van der Waals surface area contributed by atoms with Gasteiger partial charge in [-0.15, -0.1) is 0 Å². The Morgan fingerprint density at radius 2 is 2.00 bits per heavy atom. The molecule has 1 aliphatic rings. The quantitative estimate of drug-likeness (QED) is 0.857. The zero-order chi connectivity index (χ0) is 13.1. The Hall–Kier alpha value is -1.32. The van der Waals surface area contributed by atoms with E-state index in [2.05, 4.69) is 25.9 Å². The summed E-state index contributed by atoms with van der Waals surface area (Å²) in [6, 6.07) is 0. The zero-order valence-corrected chi connectivity index (χ0v) is 11.1. The Morgan fingerprint density at radius 3 is 2.29 bits per heavy atom. The largest absolute Gasteiger partial charge is 0.481 e. The molecule has 4 heteroatoms. The number of carboxylic acid groups (broad SMARTS) is 1. The molecule has 1 aromatic rings. The molecule has 1 atom stereocenters. The lowest BCUT2D eigenvalue weighted by Crippen LogP contribution is -2.26. The topological polar surface area (TPSA) is 55.1 Å². The number of nitrogens with zero attached hydrogens (tertiary/aromatic N) is 2. The number of hydrogen-bond donors (Lipinski definition) is 1. The van der Waals surface area contributed by atoms with Gasteiger partial charge in [-0.2, -0.15) is 5.10 Å². The molecule has 1 fully saturated rings. The third-order valence-corrected chi connectivity index (χ3v) is 3.87. The van der Waals surface area contributed by atoms with Crippen molar-refractivity contribution in [2.45, 2.75) is 52.0 Å². The molecule has 1 saturated carbocycles. The fourth-order valence-corrected chi connectivity index (χ4v) is 2.51. The minimum Gasteiger partial charge on any atom is -0.481 e. The van der Waals surface area contributed by atoms with Gasteiger partial charge in [0, 0.05) is 11.8 Å². The number of aromatic nitrogens is 2. The molecule has 1 aromatic heterocycles. The summed E-state index contributed by atoms with van der Waals surface area (Å²) < 4.78 is 1.83. The highest BCUT2D eigenvalue weighted by atomic mass is 16.4. The molecule has 0 spiro atoms. The van der Waals surface area contributed by atoms with Gasteiger partial charge in [0.05, 0.1) is 11.7 Å². The van der Waals surface area contributed by atoms with Gasteiger partial charge in [-0.05, 0) is 32.6 Å². The standard InChI is InChI=1S/C13H20N2O2/c1-11(2,3)15-7-9(6-14-15)13(10(16)17)8-12(13,4)5/h6-7H,8H2,1-5H3,(H,16,17). The van der Waals surface area contributed by atoms with E-state index < -0.39 is 11.4 Å². The van der Waals surface area contributed by atoms with Gasteiger partial charge in [0.25, 0.3) is 0 Å². The third-order valence-electron chi connectivity index (χ3n) is 3.87. The van der Waals surface area contributed by atoms with E-state index in [4.69, 9.17) is 0 Å². The second kappa shape index (κ2) is 3.12. The molecule has 1 aliphatic carbocycles. The first kappa shape index (κ1) is 12.1. The van der Waals surface area contributed by atoms with Crippen LogP contribution in [0.15, 0.2) is 12.4 Å². The molecular formula is C13H20N2O2. The molecule has 0 aliphatic heterocycles. The number of carbonyl (C=O) groups is 1. The minimum absolute atomic E-state index is 0.114. The Kier molecular flexibility index (Phi) is 2.23. The van der Waals surface area contributed by atoms with Gasteiger partial charge < -0.3 is 5.11 Å². The highest BCUT2D eigenvalue weighted by molar-refractivity contribution is 5.86. The van der Waals surface area contributed by atoms with Crippen LogP contribution in [0.3, 0.4) is 0 Å². The van der Waals surface area contributed by atoms with Gasteiger partial charge in [-0.3, -0.25) is 9.48 Å². The van der Waals surface area contributed by atoms with Crippen LogP contribution in [0.4, 0.5) is 0 Å². The molecule has 17 heavy (non-hydrogen) atoms. The van der Waals surface area contributed by atoms with Crippen molar-refractivity contribution in [3.63, 3.8) is 0 Å². The number of hydrogen-bond acceptors (Lipinski definition) is 2. The van der Waals surface area contributed by atoms with Gasteiger partial charge >= 0.3 is 5.97 Å². The fourth-order valence-electron chi connectivity index (χ4n) is 2.51. The second-order valence-electron chi connectivity index (χ2n) is 6.62. The van der Waals surface area contributed by atoms with Crippen molar-refractivity contribution >= 4 is 5.97 Å². The third kappa shape index (κ3) is 1.58. The molecule has 0 amide bonds.